The van der Waals surface area contributed by atoms with Gasteiger partial charge in [-0.1, -0.05) is 6.07 Å². The zero-order chi connectivity index (χ0) is 15.4. The van der Waals surface area contributed by atoms with Crippen molar-refractivity contribution in [2.24, 2.45) is 0 Å². The van der Waals surface area contributed by atoms with E-state index in [4.69, 9.17) is 0 Å². The quantitative estimate of drug-likeness (QED) is 0.908. The number of pyridine rings is 1. The Morgan fingerprint density at radius 1 is 1.29 bits per heavy atom. The molecule has 1 aromatic heterocycles. The van der Waals surface area contributed by atoms with Gasteiger partial charge in [-0.2, -0.15) is 0 Å². The second-order valence-corrected chi connectivity index (χ2v) is 4.46. The van der Waals surface area contributed by atoms with Crippen LogP contribution in [0.2, 0.25) is 0 Å². The fourth-order valence-electron chi connectivity index (χ4n) is 1.88. The Kier molecular flexibility index (Phi) is 4.47. The first-order chi connectivity index (χ1) is 10.0. The zero-order valence-corrected chi connectivity index (χ0v) is 11.7. The normalized spacial score (nSPS) is 10.3. The number of hydrogen-bond donors (Lipinski definition) is 2. The number of amides is 1. The number of hydrogen-bond acceptors (Lipinski definition) is 3. The third kappa shape index (κ3) is 3.16. The smallest absolute Gasteiger partial charge is 0.258 e. The van der Waals surface area contributed by atoms with E-state index >= 15 is 0 Å². The van der Waals surface area contributed by atoms with E-state index in [2.05, 4.69) is 15.6 Å². The van der Waals surface area contributed by atoms with Crippen LogP contribution < -0.4 is 10.6 Å². The zero-order valence-electron chi connectivity index (χ0n) is 11.7. The predicted octanol–water partition coefficient (Wildman–Crippen LogP) is 3.35. The summed E-state index contributed by atoms with van der Waals surface area (Å²) in [5.74, 6) is -2.19. The minimum absolute atomic E-state index is 0.258. The number of halogens is 2. The Hall–Kier alpha value is -2.50. The molecule has 0 bridgehead atoms. The van der Waals surface area contributed by atoms with Gasteiger partial charge in [0.25, 0.3) is 5.91 Å². The van der Waals surface area contributed by atoms with E-state index in [1.54, 1.807) is 0 Å². The SMILES string of the molecule is CCNc1cnccc1C(=O)Nc1c(F)ccc(C)c1F. The highest BCUT2D eigenvalue weighted by molar-refractivity contribution is 6.08. The number of rotatable bonds is 4. The van der Waals surface area contributed by atoms with E-state index in [0.717, 1.165) is 6.07 Å². The maximum Gasteiger partial charge on any atom is 0.258 e. The molecule has 0 spiro atoms. The molecule has 1 heterocycles. The number of aromatic nitrogens is 1. The van der Waals surface area contributed by atoms with E-state index in [1.807, 2.05) is 6.92 Å². The van der Waals surface area contributed by atoms with Gasteiger partial charge in [0.2, 0.25) is 0 Å². The summed E-state index contributed by atoms with van der Waals surface area (Å²) in [5.41, 5.74) is 0.589. The summed E-state index contributed by atoms with van der Waals surface area (Å²) < 4.78 is 27.6. The van der Waals surface area contributed by atoms with Gasteiger partial charge in [0.15, 0.2) is 5.82 Å². The number of carbonyl (C=O) groups is 1. The average molecular weight is 291 g/mol. The second-order valence-electron chi connectivity index (χ2n) is 4.46. The van der Waals surface area contributed by atoms with E-state index in [9.17, 15) is 13.6 Å². The van der Waals surface area contributed by atoms with Crippen LogP contribution in [0.15, 0.2) is 30.6 Å². The van der Waals surface area contributed by atoms with Gasteiger partial charge in [-0.3, -0.25) is 9.78 Å². The number of benzene rings is 1. The summed E-state index contributed by atoms with van der Waals surface area (Å²) in [6, 6.07) is 3.92. The van der Waals surface area contributed by atoms with Crippen LogP contribution in [0.5, 0.6) is 0 Å². The van der Waals surface area contributed by atoms with Gasteiger partial charge in [0.05, 0.1) is 17.4 Å². The van der Waals surface area contributed by atoms with Crippen molar-refractivity contribution in [3.8, 4) is 0 Å². The van der Waals surface area contributed by atoms with Crippen LogP contribution in [0.25, 0.3) is 0 Å². The highest BCUT2D eigenvalue weighted by atomic mass is 19.1. The third-order valence-corrected chi connectivity index (χ3v) is 2.96. The molecule has 0 aliphatic heterocycles. The Balaban J connectivity index is 2.33. The molecule has 21 heavy (non-hydrogen) atoms. The number of anilines is 2. The minimum atomic E-state index is -0.814. The Bertz CT molecular complexity index is 674. The van der Waals surface area contributed by atoms with Crippen LogP contribution in [0.4, 0.5) is 20.2 Å². The van der Waals surface area contributed by atoms with Gasteiger partial charge in [0, 0.05) is 12.7 Å². The van der Waals surface area contributed by atoms with Crippen molar-refractivity contribution in [2.45, 2.75) is 13.8 Å². The standard InChI is InChI=1S/C15H15F2N3O/c1-3-19-12-8-18-7-6-10(12)15(21)20-14-11(16)5-4-9(2)13(14)17/h4-8,19H,3H2,1-2H3,(H,20,21). The fraction of sp³-hybridized carbons (Fsp3) is 0.200. The molecule has 0 atom stereocenters. The molecule has 2 N–H and O–H groups in total. The van der Waals surface area contributed by atoms with Gasteiger partial charge in [-0.15, -0.1) is 0 Å². The van der Waals surface area contributed by atoms with E-state index in [-0.39, 0.29) is 11.1 Å². The Morgan fingerprint density at radius 3 is 2.76 bits per heavy atom. The van der Waals surface area contributed by atoms with Gasteiger partial charge < -0.3 is 10.6 Å². The first kappa shape index (κ1) is 14.9. The maximum atomic E-state index is 13.9. The van der Waals surface area contributed by atoms with Crippen LogP contribution in [0.3, 0.4) is 0 Å². The van der Waals surface area contributed by atoms with Crippen LogP contribution in [0.1, 0.15) is 22.8 Å². The van der Waals surface area contributed by atoms with E-state index in [0.29, 0.717) is 12.2 Å². The number of carbonyl (C=O) groups excluding carboxylic acids is 1. The topological polar surface area (TPSA) is 54.0 Å². The minimum Gasteiger partial charge on any atom is -0.383 e. The van der Waals surface area contributed by atoms with Crippen LogP contribution >= 0.6 is 0 Å². The van der Waals surface area contributed by atoms with Gasteiger partial charge in [-0.25, -0.2) is 8.78 Å². The third-order valence-electron chi connectivity index (χ3n) is 2.96. The maximum absolute atomic E-state index is 13.9. The molecule has 0 aliphatic rings. The molecule has 1 amide bonds. The number of aryl methyl sites for hydroxylation is 1. The molecule has 0 aliphatic carbocycles. The lowest BCUT2D eigenvalue weighted by Gasteiger charge is -2.12. The lowest BCUT2D eigenvalue weighted by molar-refractivity contribution is 0.102. The highest BCUT2D eigenvalue weighted by Gasteiger charge is 2.17. The molecule has 1 aromatic carbocycles. The number of nitrogens with one attached hydrogen (secondary N) is 2. The Labute approximate surface area is 121 Å². The van der Waals surface area contributed by atoms with Gasteiger partial charge in [0.1, 0.15) is 11.5 Å². The first-order valence-corrected chi connectivity index (χ1v) is 6.48. The van der Waals surface area contributed by atoms with Crippen molar-refractivity contribution in [3.05, 3.63) is 53.4 Å². The van der Waals surface area contributed by atoms with Crippen molar-refractivity contribution in [1.82, 2.24) is 4.98 Å². The second kappa shape index (κ2) is 6.30. The fourth-order valence-corrected chi connectivity index (χ4v) is 1.88. The predicted molar refractivity (Wildman–Crippen MR) is 77.4 cm³/mol. The highest BCUT2D eigenvalue weighted by Crippen LogP contribution is 2.23. The lowest BCUT2D eigenvalue weighted by Crippen LogP contribution is -2.17. The van der Waals surface area contributed by atoms with Gasteiger partial charge >= 0.3 is 0 Å². The molecule has 2 rings (SSSR count). The van der Waals surface area contributed by atoms with Crippen molar-refractivity contribution < 1.29 is 13.6 Å². The Morgan fingerprint density at radius 2 is 2.05 bits per heavy atom. The molecule has 0 radical (unpaired) electrons. The summed E-state index contributed by atoms with van der Waals surface area (Å²) in [6.45, 7) is 3.97. The molecule has 0 saturated heterocycles. The van der Waals surface area contributed by atoms with Crippen LogP contribution in [-0.4, -0.2) is 17.4 Å². The molecule has 0 fully saturated rings. The van der Waals surface area contributed by atoms with Crippen LogP contribution in [-0.2, 0) is 0 Å². The summed E-state index contributed by atoms with van der Waals surface area (Å²) in [5, 5.41) is 5.25. The van der Waals surface area contributed by atoms with Crippen molar-refractivity contribution >= 4 is 17.3 Å². The molecule has 110 valence electrons. The summed E-state index contributed by atoms with van der Waals surface area (Å²) in [7, 11) is 0. The summed E-state index contributed by atoms with van der Waals surface area (Å²) in [6.07, 6.45) is 2.93. The molecular weight excluding hydrogens is 276 g/mol. The summed E-state index contributed by atoms with van der Waals surface area (Å²) >= 11 is 0. The molecule has 6 heteroatoms. The van der Waals surface area contributed by atoms with Gasteiger partial charge in [-0.05, 0) is 31.5 Å². The van der Waals surface area contributed by atoms with Crippen LogP contribution in [0, 0.1) is 18.6 Å². The van der Waals surface area contributed by atoms with Crippen molar-refractivity contribution in [1.29, 1.82) is 0 Å². The lowest BCUT2D eigenvalue weighted by atomic mass is 10.1. The molecular formula is C15H15F2N3O. The van der Waals surface area contributed by atoms with Crippen molar-refractivity contribution in [3.63, 3.8) is 0 Å². The first-order valence-electron chi connectivity index (χ1n) is 6.48. The van der Waals surface area contributed by atoms with E-state index in [1.165, 1.54) is 31.5 Å². The average Bonchev–Trinajstić information content (AvgIpc) is 2.48. The number of nitrogens with zero attached hydrogens (tertiary/aromatic N) is 1. The largest absolute Gasteiger partial charge is 0.383 e. The molecule has 0 unspecified atom stereocenters. The molecule has 4 nitrogen and oxygen atoms in total. The molecule has 2 aromatic rings. The monoisotopic (exact) mass is 291 g/mol. The summed E-state index contributed by atoms with van der Waals surface area (Å²) in [4.78, 5) is 16.1. The van der Waals surface area contributed by atoms with Crippen molar-refractivity contribution in [2.75, 3.05) is 17.2 Å². The molecule has 0 saturated carbocycles. The van der Waals surface area contributed by atoms with E-state index < -0.39 is 23.2 Å².